The number of hydrogen-bond acceptors (Lipinski definition) is 5. The highest BCUT2D eigenvalue weighted by molar-refractivity contribution is 5.89. The highest BCUT2D eigenvalue weighted by atomic mass is 19.1. The van der Waals surface area contributed by atoms with Gasteiger partial charge >= 0.3 is 6.03 Å². The average Bonchev–Trinajstić information content (AvgIpc) is 2.82. The largest absolute Gasteiger partial charge is 0.389 e. The first-order chi connectivity index (χ1) is 16.9. The second kappa shape index (κ2) is 11.6. The van der Waals surface area contributed by atoms with Gasteiger partial charge in [0.05, 0.1) is 50.5 Å². The number of carbonyl (C=O) groups is 2. The Kier molecular flexibility index (Phi) is 8.33. The number of aliphatic hydroxyl groups is 1. The van der Waals surface area contributed by atoms with Gasteiger partial charge in [0, 0.05) is 5.69 Å². The number of anilines is 1. The van der Waals surface area contributed by atoms with Crippen LogP contribution in [0.3, 0.4) is 0 Å². The summed E-state index contributed by atoms with van der Waals surface area (Å²) in [5.41, 5.74) is 1.36. The van der Waals surface area contributed by atoms with Gasteiger partial charge in [0.25, 0.3) is 0 Å². The van der Waals surface area contributed by atoms with Crippen molar-refractivity contribution in [3.8, 4) is 0 Å². The minimum absolute atomic E-state index is 0.0609. The van der Waals surface area contributed by atoms with Crippen LogP contribution in [-0.2, 0) is 14.3 Å². The maximum Gasteiger partial charge on any atom is 0.322 e. The van der Waals surface area contributed by atoms with E-state index >= 15 is 0 Å². The van der Waals surface area contributed by atoms with E-state index in [-0.39, 0.29) is 50.3 Å². The van der Waals surface area contributed by atoms with Gasteiger partial charge in [0.15, 0.2) is 0 Å². The van der Waals surface area contributed by atoms with E-state index in [2.05, 4.69) is 10.6 Å². The van der Waals surface area contributed by atoms with Crippen molar-refractivity contribution in [2.24, 2.45) is 0 Å². The highest BCUT2D eigenvalue weighted by Crippen LogP contribution is 2.28. The summed E-state index contributed by atoms with van der Waals surface area (Å²) in [5, 5.41) is 16.0. The number of amides is 3. The summed E-state index contributed by atoms with van der Waals surface area (Å²) in [4.78, 5) is 27.3. The number of fused-ring (bicyclic) bond motifs is 1. The molecule has 0 unspecified atom stereocenters. The lowest BCUT2D eigenvalue weighted by molar-refractivity contribution is -0.150. The molecule has 2 aromatic carbocycles. The Morgan fingerprint density at radius 3 is 2.71 bits per heavy atom. The summed E-state index contributed by atoms with van der Waals surface area (Å²) < 4.78 is 25.4. The Labute approximate surface area is 204 Å². The maximum absolute atomic E-state index is 13.6. The van der Waals surface area contributed by atoms with Crippen molar-refractivity contribution in [1.29, 1.82) is 0 Å². The molecule has 3 amide bonds. The molecule has 3 N–H and O–H groups in total. The number of rotatable bonds is 5. The Bertz CT molecular complexity index is 1010. The number of halogens is 1. The third kappa shape index (κ3) is 6.78. The molecule has 0 bridgehead atoms. The van der Waals surface area contributed by atoms with E-state index in [4.69, 9.17) is 9.47 Å². The lowest BCUT2D eigenvalue weighted by Gasteiger charge is -2.44. The zero-order valence-electron chi connectivity index (χ0n) is 19.7. The number of urea groups is 1. The van der Waals surface area contributed by atoms with E-state index in [0.29, 0.717) is 18.5 Å². The first-order valence-corrected chi connectivity index (χ1v) is 12.0. The number of ether oxygens (including phenoxy) is 2. The lowest BCUT2D eigenvalue weighted by Crippen LogP contribution is -2.58. The molecule has 0 aromatic heterocycles. The molecule has 5 atom stereocenters. The molecule has 2 saturated heterocycles. The number of nitrogens with one attached hydrogen (secondary N) is 2. The van der Waals surface area contributed by atoms with Gasteiger partial charge in [0.1, 0.15) is 11.9 Å². The Morgan fingerprint density at radius 1 is 1.14 bits per heavy atom. The fourth-order valence-corrected chi connectivity index (χ4v) is 4.67. The molecule has 0 radical (unpaired) electrons. The second-order valence-corrected chi connectivity index (χ2v) is 9.13. The number of benzene rings is 2. The van der Waals surface area contributed by atoms with Gasteiger partial charge in [-0.15, -0.1) is 0 Å². The quantitative estimate of drug-likeness (QED) is 0.604. The summed E-state index contributed by atoms with van der Waals surface area (Å²) in [5.74, 6) is -0.557. The maximum atomic E-state index is 13.6. The van der Waals surface area contributed by atoms with E-state index < -0.39 is 24.1 Å². The van der Waals surface area contributed by atoms with Gasteiger partial charge in [0.2, 0.25) is 5.91 Å². The second-order valence-electron chi connectivity index (χ2n) is 9.13. The van der Waals surface area contributed by atoms with E-state index in [1.54, 1.807) is 6.07 Å². The number of nitrogens with zero attached hydrogens (tertiary/aromatic N) is 1. The fraction of sp³-hybridized carbons (Fsp3) is 0.462. The molecule has 0 spiro atoms. The van der Waals surface area contributed by atoms with Crippen molar-refractivity contribution in [3.63, 3.8) is 0 Å². The third-order valence-corrected chi connectivity index (χ3v) is 6.41. The molecule has 2 aliphatic heterocycles. The average molecular weight is 486 g/mol. The SMILES string of the molecule is C[C@H](NC(=O)C[C@H]1CC[C@H]2[C@@H](COC[C@@H](O)CN2C(=O)Nc2cccc(F)c2)O1)c1ccccc1. The van der Waals surface area contributed by atoms with Crippen molar-refractivity contribution < 1.29 is 28.6 Å². The summed E-state index contributed by atoms with van der Waals surface area (Å²) in [7, 11) is 0. The van der Waals surface area contributed by atoms with Crippen molar-refractivity contribution in [3.05, 3.63) is 66.0 Å². The zero-order chi connectivity index (χ0) is 24.8. The fourth-order valence-electron chi connectivity index (χ4n) is 4.67. The number of aliphatic hydroxyl groups excluding tert-OH is 1. The normalized spacial score (nSPS) is 25.5. The van der Waals surface area contributed by atoms with Crippen molar-refractivity contribution in [2.75, 3.05) is 25.1 Å². The van der Waals surface area contributed by atoms with E-state index in [0.717, 1.165) is 5.56 Å². The van der Waals surface area contributed by atoms with Crippen LogP contribution in [0, 0.1) is 5.82 Å². The van der Waals surface area contributed by atoms with Crippen LogP contribution in [0.15, 0.2) is 54.6 Å². The summed E-state index contributed by atoms with van der Waals surface area (Å²) in [6.07, 6.45) is -0.229. The number of hydrogen-bond donors (Lipinski definition) is 3. The topological polar surface area (TPSA) is 100 Å². The van der Waals surface area contributed by atoms with Crippen LogP contribution in [0.5, 0.6) is 0 Å². The van der Waals surface area contributed by atoms with Crippen LogP contribution in [0.4, 0.5) is 14.9 Å². The predicted octanol–water partition coefficient (Wildman–Crippen LogP) is 3.23. The van der Waals surface area contributed by atoms with Gasteiger partial charge in [-0.25, -0.2) is 9.18 Å². The van der Waals surface area contributed by atoms with Gasteiger partial charge in [-0.2, -0.15) is 0 Å². The molecule has 0 saturated carbocycles. The molecule has 8 nitrogen and oxygen atoms in total. The standard InChI is InChI=1S/C26H32FN3O5/c1-17(18-6-3-2-4-7-18)28-25(32)13-22-10-11-23-24(35-22)16-34-15-21(31)14-30(23)26(33)29-20-9-5-8-19(27)12-20/h2-9,12,17,21-24,31H,10-11,13-16H2,1H3,(H,28,32)(H,29,33)/t17-,21-,22+,23-,24+/m0/s1. The molecular formula is C26H32FN3O5. The molecule has 4 rings (SSSR count). The Morgan fingerprint density at radius 2 is 1.94 bits per heavy atom. The van der Waals surface area contributed by atoms with Gasteiger partial charge < -0.3 is 30.1 Å². The van der Waals surface area contributed by atoms with Gasteiger partial charge in [-0.1, -0.05) is 36.4 Å². The molecule has 35 heavy (non-hydrogen) atoms. The first-order valence-electron chi connectivity index (χ1n) is 12.0. The summed E-state index contributed by atoms with van der Waals surface area (Å²) in [6.45, 7) is 2.26. The summed E-state index contributed by atoms with van der Waals surface area (Å²) >= 11 is 0. The molecule has 2 fully saturated rings. The van der Waals surface area contributed by atoms with Crippen molar-refractivity contribution >= 4 is 17.6 Å². The van der Waals surface area contributed by atoms with Crippen LogP contribution in [-0.4, -0.2) is 66.1 Å². The smallest absolute Gasteiger partial charge is 0.322 e. The molecule has 2 aliphatic rings. The molecule has 0 aliphatic carbocycles. The van der Waals surface area contributed by atoms with Crippen LogP contribution in [0.2, 0.25) is 0 Å². The first kappa shape index (κ1) is 25.1. The molecule has 9 heteroatoms. The van der Waals surface area contributed by atoms with Gasteiger partial charge in [-0.05, 0) is 43.5 Å². The third-order valence-electron chi connectivity index (χ3n) is 6.41. The number of carbonyl (C=O) groups excluding carboxylic acids is 2. The van der Waals surface area contributed by atoms with Crippen molar-refractivity contribution in [1.82, 2.24) is 10.2 Å². The monoisotopic (exact) mass is 485 g/mol. The van der Waals surface area contributed by atoms with E-state index in [1.807, 2.05) is 37.3 Å². The Balaban J connectivity index is 1.38. The molecule has 2 aromatic rings. The molecular weight excluding hydrogens is 453 g/mol. The minimum Gasteiger partial charge on any atom is -0.389 e. The highest BCUT2D eigenvalue weighted by Gasteiger charge is 2.40. The lowest BCUT2D eigenvalue weighted by atomic mass is 9.94. The van der Waals surface area contributed by atoms with Crippen molar-refractivity contribution in [2.45, 2.75) is 56.6 Å². The van der Waals surface area contributed by atoms with Gasteiger partial charge in [-0.3, -0.25) is 4.79 Å². The summed E-state index contributed by atoms with van der Waals surface area (Å²) in [6, 6.07) is 14.5. The number of β-amino-alcohol motifs (C(OH)–C–C–N with tert-alkyl or cyclic N) is 1. The van der Waals surface area contributed by atoms with E-state index in [9.17, 15) is 19.1 Å². The minimum atomic E-state index is -0.850. The zero-order valence-corrected chi connectivity index (χ0v) is 19.7. The van der Waals surface area contributed by atoms with Crippen LogP contribution < -0.4 is 10.6 Å². The molecule has 2 heterocycles. The predicted molar refractivity (Wildman–Crippen MR) is 128 cm³/mol. The van der Waals surface area contributed by atoms with Crippen LogP contribution in [0.1, 0.15) is 37.8 Å². The van der Waals surface area contributed by atoms with E-state index in [1.165, 1.54) is 23.1 Å². The Hall–Kier alpha value is -3.01. The van der Waals surface area contributed by atoms with Crippen LogP contribution >= 0.6 is 0 Å². The molecule has 188 valence electrons. The van der Waals surface area contributed by atoms with Crippen LogP contribution in [0.25, 0.3) is 0 Å².